The highest BCUT2D eigenvalue weighted by Crippen LogP contribution is 2.17. The van der Waals surface area contributed by atoms with Crippen molar-refractivity contribution in [3.05, 3.63) is 0 Å². The van der Waals surface area contributed by atoms with Gasteiger partial charge in [0.2, 0.25) is 0 Å². The van der Waals surface area contributed by atoms with Crippen LogP contribution >= 0.6 is 0 Å². The first-order valence-electron chi connectivity index (χ1n) is 7.56. The molecule has 2 N–H and O–H groups in total. The highest BCUT2D eigenvalue weighted by molar-refractivity contribution is 4.86. The molecule has 0 spiro atoms. The molecule has 0 saturated heterocycles. The molecule has 0 saturated carbocycles. The van der Waals surface area contributed by atoms with Crippen molar-refractivity contribution in [3.8, 4) is 0 Å². The van der Waals surface area contributed by atoms with Crippen molar-refractivity contribution in [2.75, 3.05) is 26.7 Å². The Morgan fingerprint density at radius 3 is 2.00 bits per heavy atom. The molecule has 0 amide bonds. The van der Waals surface area contributed by atoms with E-state index in [9.17, 15) is 5.11 Å². The second-order valence-electron chi connectivity index (χ2n) is 5.76. The predicted octanol–water partition coefficient (Wildman–Crippen LogP) is 2.64. The summed E-state index contributed by atoms with van der Waals surface area (Å²) < 4.78 is 0. The van der Waals surface area contributed by atoms with E-state index in [0.717, 1.165) is 6.42 Å². The van der Waals surface area contributed by atoms with Gasteiger partial charge in [0.15, 0.2) is 0 Å². The van der Waals surface area contributed by atoms with Gasteiger partial charge in [-0.15, -0.1) is 0 Å². The first-order valence-corrected chi connectivity index (χ1v) is 7.56. The molecule has 0 aliphatic heterocycles. The quantitative estimate of drug-likeness (QED) is 0.598. The number of hydrogen-bond acceptors (Lipinski definition) is 3. The molecule has 3 nitrogen and oxygen atoms in total. The van der Waals surface area contributed by atoms with Gasteiger partial charge in [-0.05, 0) is 53.2 Å². The minimum Gasteiger partial charge on any atom is -0.394 e. The van der Waals surface area contributed by atoms with Crippen LogP contribution in [0.15, 0.2) is 0 Å². The molecule has 3 heteroatoms. The minimum absolute atomic E-state index is 0.157. The Labute approximate surface area is 114 Å². The van der Waals surface area contributed by atoms with Gasteiger partial charge in [-0.2, -0.15) is 0 Å². The molecule has 0 aromatic rings. The normalized spacial score (nSPS) is 16.8. The number of nitrogens with zero attached hydrogens (tertiary/aromatic N) is 1. The van der Waals surface area contributed by atoms with E-state index < -0.39 is 0 Å². The van der Waals surface area contributed by atoms with Crippen molar-refractivity contribution in [1.82, 2.24) is 10.2 Å². The molecule has 0 fully saturated rings. The summed E-state index contributed by atoms with van der Waals surface area (Å²) in [5, 5.41) is 12.7. The van der Waals surface area contributed by atoms with E-state index in [-0.39, 0.29) is 12.1 Å². The third-order valence-corrected chi connectivity index (χ3v) is 3.92. The molecule has 18 heavy (non-hydrogen) atoms. The zero-order valence-electron chi connectivity index (χ0n) is 13.1. The molecule has 110 valence electrons. The van der Waals surface area contributed by atoms with Crippen LogP contribution in [0.5, 0.6) is 0 Å². The van der Waals surface area contributed by atoms with E-state index in [0.29, 0.717) is 6.04 Å². The zero-order chi connectivity index (χ0) is 14.0. The van der Waals surface area contributed by atoms with Gasteiger partial charge in [0.1, 0.15) is 0 Å². The van der Waals surface area contributed by atoms with Gasteiger partial charge in [0.25, 0.3) is 0 Å². The Hall–Kier alpha value is -0.120. The van der Waals surface area contributed by atoms with E-state index in [1.54, 1.807) is 0 Å². The van der Waals surface area contributed by atoms with Crippen molar-refractivity contribution in [2.45, 2.75) is 71.4 Å². The summed E-state index contributed by atoms with van der Waals surface area (Å²) in [7, 11) is 1.94. The summed E-state index contributed by atoms with van der Waals surface area (Å²) in [6, 6.07) is 0.521. The zero-order valence-corrected chi connectivity index (χ0v) is 13.1. The Morgan fingerprint density at radius 2 is 1.67 bits per heavy atom. The molecule has 0 aliphatic carbocycles. The summed E-state index contributed by atoms with van der Waals surface area (Å²) in [5.74, 6) is 0. The fourth-order valence-corrected chi connectivity index (χ4v) is 2.30. The lowest BCUT2D eigenvalue weighted by Gasteiger charge is -2.36. The second kappa shape index (κ2) is 9.76. The minimum atomic E-state index is -0.157. The summed E-state index contributed by atoms with van der Waals surface area (Å²) in [5.41, 5.74) is -0.157. The third kappa shape index (κ3) is 6.72. The predicted molar refractivity (Wildman–Crippen MR) is 80.0 cm³/mol. The molecule has 0 radical (unpaired) electrons. The molecule has 0 aromatic carbocycles. The molecule has 0 bridgehead atoms. The lowest BCUT2D eigenvalue weighted by Crippen LogP contribution is -2.49. The standard InChI is InChI=1S/C15H34N2O/c1-6-8-10-17(11-9-7-2)14(3)12-15(4,13-18)16-5/h14,16,18H,6-13H2,1-5H3. The highest BCUT2D eigenvalue weighted by Gasteiger charge is 2.26. The summed E-state index contributed by atoms with van der Waals surface area (Å²) in [6.07, 6.45) is 6.03. The van der Waals surface area contributed by atoms with Gasteiger partial charge >= 0.3 is 0 Å². The van der Waals surface area contributed by atoms with Crippen LogP contribution in [0.1, 0.15) is 59.8 Å². The molecule has 0 aromatic heterocycles. The molecular formula is C15H34N2O. The number of hydrogen-bond donors (Lipinski definition) is 2. The summed E-state index contributed by atoms with van der Waals surface area (Å²) >= 11 is 0. The first kappa shape index (κ1) is 17.9. The summed E-state index contributed by atoms with van der Waals surface area (Å²) in [4.78, 5) is 2.58. The Morgan fingerprint density at radius 1 is 1.17 bits per heavy atom. The molecule has 0 rings (SSSR count). The van der Waals surface area contributed by atoms with Crippen LogP contribution in [-0.2, 0) is 0 Å². The first-order chi connectivity index (χ1) is 8.52. The Balaban J connectivity index is 4.37. The molecule has 2 atom stereocenters. The number of aliphatic hydroxyl groups excluding tert-OH is 1. The average Bonchev–Trinajstić information content (AvgIpc) is 2.38. The van der Waals surface area contributed by atoms with E-state index >= 15 is 0 Å². The van der Waals surface area contributed by atoms with E-state index in [1.807, 2.05) is 7.05 Å². The number of rotatable bonds is 11. The molecule has 0 heterocycles. The topological polar surface area (TPSA) is 35.5 Å². The van der Waals surface area contributed by atoms with Gasteiger partial charge in [-0.25, -0.2) is 0 Å². The maximum atomic E-state index is 9.49. The van der Waals surface area contributed by atoms with Crippen LogP contribution in [0.4, 0.5) is 0 Å². The van der Waals surface area contributed by atoms with Crippen LogP contribution in [0.2, 0.25) is 0 Å². The SMILES string of the molecule is CCCCN(CCCC)C(C)CC(C)(CO)NC. The number of likely N-dealkylation sites (N-methyl/N-ethyl adjacent to an activating group) is 1. The second-order valence-corrected chi connectivity index (χ2v) is 5.76. The van der Waals surface area contributed by atoms with Crippen LogP contribution in [0.25, 0.3) is 0 Å². The third-order valence-electron chi connectivity index (χ3n) is 3.92. The summed E-state index contributed by atoms with van der Waals surface area (Å²) in [6.45, 7) is 11.4. The van der Waals surface area contributed by atoms with E-state index in [2.05, 4.69) is 37.9 Å². The fourth-order valence-electron chi connectivity index (χ4n) is 2.30. The van der Waals surface area contributed by atoms with Crippen LogP contribution in [0, 0.1) is 0 Å². The monoisotopic (exact) mass is 258 g/mol. The van der Waals surface area contributed by atoms with Gasteiger partial charge in [0.05, 0.1) is 6.61 Å². The van der Waals surface area contributed by atoms with Crippen molar-refractivity contribution in [3.63, 3.8) is 0 Å². The highest BCUT2D eigenvalue weighted by atomic mass is 16.3. The molecule has 0 aliphatic rings. The van der Waals surface area contributed by atoms with Gasteiger partial charge in [0, 0.05) is 11.6 Å². The largest absolute Gasteiger partial charge is 0.394 e. The van der Waals surface area contributed by atoms with Gasteiger partial charge < -0.3 is 15.3 Å². The Bertz CT molecular complexity index is 185. The average molecular weight is 258 g/mol. The smallest absolute Gasteiger partial charge is 0.0611 e. The maximum Gasteiger partial charge on any atom is 0.0611 e. The van der Waals surface area contributed by atoms with E-state index in [1.165, 1.54) is 38.8 Å². The van der Waals surface area contributed by atoms with Crippen molar-refractivity contribution >= 4 is 0 Å². The van der Waals surface area contributed by atoms with Crippen LogP contribution in [-0.4, -0.2) is 48.3 Å². The van der Waals surface area contributed by atoms with Crippen LogP contribution < -0.4 is 5.32 Å². The number of nitrogens with one attached hydrogen (secondary N) is 1. The maximum absolute atomic E-state index is 9.49. The lowest BCUT2D eigenvalue weighted by atomic mass is 9.93. The van der Waals surface area contributed by atoms with E-state index in [4.69, 9.17) is 0 Å². The van der Waals surface area contributed by atoms with Gasteiger partial charge in [-0.3, -0.25) is 0 Å². The van der Waals surface area contributed by atoms with Crippen molar-refractivity contribution < 1.29 is 5.11 Å². The molecular weight excluding hydrogens is 224 g/mol. The van der Waals surface area contributed by atoms with Crippen molar-refractivity contribution in [1.29, 1.82) is 0 Å². The number of unbranched alkanes of at least 4 members (excludes halogenated alkanes) is 2. The Kier molecular flexibility index (Phi) is 9.70. The number of aliphatic hydroxyl groups is 1. The van der Waals surface area contributed by atoms with Gasteiger partial charge in [-0.1, -0.05) is 26.7 Å². The fraction of sp³-hybridized carbons (Fsp3) is 1.00. The van der Waals surface area contributed by atoms with Crippen molar-refractivity contribution in [2.24, 2.45) is 0 Å². The van der Waals surface area contributed by atoms with Crippen LogP contribution in [0.3, 0.4) is 0 Å². The molecule has 2 unspecified atom stereocenters. The lowest BCUT2D eigenvalue weighted by molar-refractivity contribution is 0.117.